The Morgan fingerprint density at radius 1 is 1.28 bits per heavy atom. The molecule has 1 aromatic rings. The van der Waals surface area contributed by atoms with Crippen molar-refractivity contribution in [2.24, 2.45) is 0 Å². The van der Waals surface area contributed by atoms with Crippen molar-refractivity contribution in [3.05, 3.63) is 23.3 Å². The van der Waals surface area contributed by atoms with Gasteiger partial charge in [-0.2, -0.15) is 0 Å². The van der Waals surface area contributed by atoms with E-state index >= 15 is 0 Å². The van der Waals surface area contributed by atoms with E-state index in [4.69, 9.17) is 4.43 Å². The molecule has 0 aromatic heterocycles. The maximum Gasteiger partial charge on any atom is 0.250 e. The van der Waals surface area contributed by atoms with Crippen molar-refractivity contribution in [3.63, 3.8) is 0 Å². The molecule has 0 saturated heterocycles. The van der Waals surface area contributed by atoms with E-state index in [0.717, 1.165) is 0 Å². The number of carbonyl (C=O) groups excluding carboxylic acids is 1. The SMILES string of the molecule is Cc1c(O[Si](C)(C)C(C)(C)C)ccc(C=O)c1O. The lowest BCUT2D eigenvalue weighted by Crippen LogP contribution is -2.44. The van der Waals surface area contributed by atoms with Gasteiger partial charge in [0.15, 0.2) is 6.29 Å². The lowest BCUT2D eigenvalue weighted by atomic mass is 10.1. The van der Waals surface area contributed by atoms with Crippen LogP contribution in [0.5, 0.6) is 11.5 Å². The Morgan fingerprint density at radius 3 is 2.28 bits per heavy atom. The molecule has 3 nitrogen and oxygen atoms in total. The predicted molar refractivity (Wildman–Crippen MR) is 76.1 cm³/mol. The van der Waals surface area contributed by atoms with Crippen molar-refractivity contribution in [1.82, 2.24) is 0 Å². The molecule has 1 N–H and O–H groups in total. The van der Waals surface area contributed by atoms with Crippen LogP contribution in [0.2, 0.25) is 18.1 Å². The molecule has 1 aromatic carbocycles. The smallest absolute Gasteiger partial charge is 0.250 e. The topological polar surface area (TPSA) is 46.5 Å². The molecule has 0 radical (unpaired) electrons. The fourth-order valence-corrected chi connectivity index (χ4v) is 2.41. The second-order valence-electron chi connectivity index (χ2n) is 6.11. The van der Waals surface area contributed by atoms with Crippen LogP contribution >= 0.6 is 0 Å². The van der Waals surface area contributed by atoms with Gasteiger partial charge >= 0.3 is 0 Å². The molecule has 0 fully saturated rings. The maximum absolute atomic E-state index is 10.7. The van der Waals surface area contributed by atoms with Gasteiger partial charge in [0.1, 0.15) is 11.5 Å². The van der Waals surface area contributed by atoms with E-state index in [-0.39, 0.29) is 10.8 Å². The summed E-state index contributed by atoms with van der Waals surface area (Å²) in [7, 11) is -1.93. The summed E-state index contributed by atoms with van der Waals surface area (Å²) in [6.45, 7) is 12.6. The minimum atomic E-state index is -1.93. The molecule has 0 atom stereocenters. The van der Waals surface area contributed by atoms with Gasteiger partial charge in [-0.25, -0.2) is 0 Å². The average molecular weight is 266 g/mol. The van der Waals surface area contributed by atoms with Crippen molar-refractivity contribution in [1.29, 1.82) is 0 Å². The van der Waals surface area contributed by atoms with Crippen LogP contribution in [0.1, 0.15) is 36.7 Å². The van der Waals surface area contributed by atoms with Gasteiger partial charge in [0, 0.05) is 5.56 Å². The van der Waals surface area contributed by atoms with Gasteiger partial charge in [0.05, 0.1) is 5.56 Å². The van der Waals surface area contributed by atoms with Crippen LogP contribution in [0.4, 0.5) is 0 Å². The number of aldehydes is 1. The first-order chi connectivity index (χ1) is 8.10. The summed E-state index contributed by atoms with van der Waals surface area (Å²) in [6, 6.07) is 3.36. The minimum absolute atomic E-state index is 0.0150. The number of phenols is 1. The molecule has 0 bridgehead atoms. The van der Waals surface area contributed by atoms with Gasteiger partial charge in [0.25, 0.3) is 0 Å². The molecule has 4 heteroatoms. The van der Waals surface area contributed by atoms with Gasteiger partial charge in [-0.3, -0.25) is 4.79 Å². The highest BCUT2D eigenvalue weighted by atomic mass is 28.4. The molecule has 0 amide bonds. The molecule has 0 aliphatic carbocycles. The Kier molecular flexibility index (Phi) is 3.91. The van der Waals surface area contributed by atoms with E-state index in [1.807, 2.05) is 0 Å². The van der Waals surface area contributed by atoms with Crippen LogP contribution in [0, 0.1) is 6.92 Å². The van der Waals surface area contributed by atoms with Gasteiger partial charge in [-0.1, -0.05) is 20.8 Å². The molecule has 0 aliphatic rings. The van der Waals surface area contributed by atoms with Crippen molar-refractivity contribution >= 4 is 14.6 Å². The summed E-state index contributed by atoms with van der Waals surface area (Å²) in [5, 5.41) is 9.98. The Balaban J connectivity index is 3.14. The summed E-state index contributed by atoms with van der Waals surface area (Å²) in [5.74, 6) is 0.686. The number of hydrogen-bond acceptors (Lipinski definition) is 3. The molecule has 0 heterocycles. The first kappa shape index (κ1) is 14.8. The molecule has 0 aliphatic heterocycles. The zero-order valence-electron chi connectivity index (χ0n) is 12.0. The summed E-state index contributed by atoms with van der Waals surface area (Å²) in [5.41, 5.74) is 0.930. The normalized spacial score (nSPS) is 12.3. The number of carbonyl (C=O) groups is 1. The van der Waals surface area contributed by atoms with Crippen LogP contribution in [-0.2, 0) is 0 Å². The number of hydrogen-bond donors (Lipinski definition) is 1. The summed E-state index contributed by atoms with van der Waals surface area (Å²) in [4.78, 5) is 10.7. The highest BCUT2D eigenvalue weighted by molar-refractivity contribution is 6.74. The van der Waals surface area contributed by atoms with E-state index < -0.39 is 8.32 Å². The standard InChI is InChI=1S/C14H22O3Si/c1-10-12(8-7-11(9-15)13(10)16)17-18(5,6)14(2,3)4/h7-9,16H,1-6H3. The van der Waals surface area contributed by atoms with Crippen LogP contribution in [0.15, 0.2) is 12.1 Å². The number of benzene rings is 1. The van der Waals surface area contributed by atoms with Crippen LogP contribution in [0.3, 0.4) is 0 Å². The lowest BCUT2D eigenvalue weighted by Gasteiger charge is -2.37. The first-order valence-electron chi connectivity index (χ1n) is 6.07. The molecule has 0 saturated carbocycles. The van der Waals surface area contributed by atoms with Crippen LogP contribution in [0.25, 0.3) is 0 Å². The highest BCUT2D eigenvalue weighted by Crippen LogP contribution is 2.39. The highest BCUT2D eigenvalue weighted by Gasteiger charge is 2.39. The fourth-order valence-electron chi connectivity index (χ4n) is 1.34. The quantitative estimate of drug-likeness (QED) is 0.666. The minimum Gasteiger partial charge on any atom is -0.543 e. The fraction of sp³-hybridized carbons (Fsp3) is 0.500. The zero-order valence-corrected chi connectivity index (χ0v) is 13.0. The Bertz CT molecular complexity index is 459. The Morgan fingerprint density at radius 2 is 1.83 bits per heavy atom. The van der Waals surface area contributed by atoms with Crippen molar-refractivity contribution in [2.45, 2.75) is 45.8 Å². The predicted octanol–water partition coefficient (Wildman–Crippen LogP) is 3.90. The van der Waals surface area contributed by atoms with E-state index in [9.17, 15) is 9.90 Å². The first-order valence-corrected chi connectivity index (χ1v) is 8.98. The Hall–Kier alpha value is -1.29. The monoisotopic (exact) mass is 266 g/mol. The third-order valence-electron chi connectivity index (χ3n) is 3.71. The van der Waals surface area contributed by atoms with Gasteiger partial charge < -0.3 is 9.53 Å². The van der Waals surface area contributed by atoms with E-state index in [0.29, 0.717) is 23.2 Å². The van der Waals surface area contributed by atoms with Gasteiger partial charge in [-0.15, -0.1) is 0 Å². The van der Waals surface area contributed by atoms with E-state index in [1.54, 1.807) is 19.1 Å². The van der Waals surface area contributed by atoms with Gasteiger partial charge in [-0.05, 0) is 37.2 Å². The zero-order chi connectivity index (χ0) is 14.1. The second-order valence-corrected chi connectivity index (χ2v) is 10.8. The largest absolute Gasteiger partial charge is 0.543 e. The summed E-state index contributed by atoms with van der Waals surface area (Å²) in [6.07, 6.45) is 0.651. The third kappa shape index (κ3) is 2.75. The lowest BCUT2D eigenvalue weighted by molar-refractivity contribution is 0.112. The maximum atomic E-state index is 10.7. The molecule has 0 unspecified atom stereocenters. The Labute approximate surface area is 110 Å². The number of aromatic hydroxyl groups is 1. The van der Waals surface area contributed by atoms with E-state index in [2.05, 4.69) is 33.9 Å². The van der Waals surface area contributed by atoms with Crippen LogP contribution < -0.4 is 4.43 Å². The molecule has 100 valence electrons. The molecular formula is C14H22O3Si. The summed E-state index contributed by atoms with van der Waals surface area (Å²) >= 11 is 0. The van der Waals surface area contributed by atoms with Gasteiger partial charge in [0.2, 0.25) is 8.32 Å². The molecular weight excluding hydrogens is 244 g/mol. The van der Waals surface area contributed by atoms with Crippen molar-refractivity contribution in [3.8, 4) is 11.5 Å². The summed E-state index contributed by atoms with van der Waals surface area (Å²) < 4.78 is 6.14. The van der Waals surface area contributed by atoms with Crippen molar-refractivity contribution in [2.75, 3.05) is 0 Å². The van der Waals surface area contributed by atoms with Crippen molar-refractivity contribution < 1.29 is 14.3 Å². The third-order valence-corrected chi connectivity index (χ3v) is 8.05. The number of rotatable bonds is 3. The van der Waals surface area contributed by atoms with E-state index in [1.165, 1.54) is 0 Å². The second kappa shape index (κ2) is 4.76. The number of phenolic OH excluding ortho intramolecular Hbond substituents is 1. The molecule has 18 heavy (non-hydrogen) atoms. The average Bonchev–Trinajstić information content (AvgIpc) is 2.23. The van der Waals surface area contributed by atoms with Crippen LogP contribution in [-0.4, -0.2) is 19.7 Å². The molecule has 1 rings (SSSR count). The molecule has 0 spiro atoms.